The molecule has 0 aromatic heterocycles. The van der Waals surface area contributed by atoms with Crippen LogP contribution in [0.15, 0.2) is 24.3 Å². The number of likely N-dealkylation sites (tertiary alicyclic amines) is 1. The summed E-state index contributed by atoms with van der Waals surface area (Å²) in [5.41, 5.74) is 0.962. The molecule has 2 N–H and O–H groups in total. The van der Waals surface area contributed by atoms with Crippen LogP contribution in [-0.4, -0.2) is 41.0 Å². The molecular weight excluding hydrogens is 383 g/mol. The van der Waals surface area contributed by atoms with Gasteiger partial charge < -0.3 is 15.3 Å². The van der Waals surface area contributed by atoms with Crippen LogP contribution in [0.25, 0.3) is 0 Å². The van der Waals surface area contributed by atoms with Gasteiger partial charge in [0.25, 0.3) is 0 Å². The van der Waals surface area contributed by atoms with Crippen molar-refractivity contribution in [1.82, 2.24) is 10.2 Å². The number of carbonyl (C=O) groups is 2. The monoisotopic (exact) mass is 414 g/mol. The maximum Gasteiger partial charge on any atom is 0.242 e. The van der Waals surface area contributed by atoms with E-state index in [2.05, 4.69) is 5.32 Å². The Labute approximate surface area is 177 Å². The topological polar surface area (TPSA) is 69.6 Å². The lowest BCUT2D eigenvalue weighted by atomic mass is 9.49. The summed E-state index contributed by atoms with van der Waals surface area (Å²) in [5.74, 6) is 1.85. The number of benzene rings is 1. The van der Waals surface area contributed by atoms with Gasteiger partial charge in [-0.25, -0.2) is 4.39 Å². The molecule has 6 heteroatoms. The van der Waals surface area contributed by atoms with Crippen LogP contribution in [-0.2, 0) is 9.59 Å². The fourth-order valence-corrected chi connectivity index (χ4v) is 7.28. The standard InChI is InChI=1S/C24H31FN2O3/c25-19-3-1-18(2-4-19)21-8-20(28)14-27(21)23(30)13-26-22(29)12-24-9-15-5-16(10-24)7-17(6-15)11-24/h1-4,15-17,20-21,28H,5-14H2,(H,26,29)/t15?,16?,17?,20-,21-,24?/m0/s1. The Morgan fingerprint density at radius 1 is 1.03 bits per heavy atom. The largest absolute Gasteiger partial charge is 0.391 e. The molecule has 0 unspecified atom stereocenters. The van der Waals surface area contributed by atoms with Gasteiger partial charge in [-0.2, -0.15) is 0 Å². The molecule has 2 atom stereocenters. The molecule has 6 rings (SSSR count). The van der Waals surface area contributed by atoms with Gasteiger partial charge in [-0.05, 0) is 85.8 Å². The molecule has 4 aliphatic carbocycles. The van der Waals surface area contributed by atoms with Crippen molar-refractivity contribution in [3.63, 3.8) is 0 Å². The summed E-state index contributed by atoms with van der Waals surface area (Å²) in [5, 5.41) is 13.0. The van der Waals surface area contributed by atoms with Crippen LogP contribution in [0.5, 0.6) is 0 Å². The van der Waals surface area contributed by atoms with Crippen LogP contribution >= 0.6 is 0 Å². The molecule has 4 bridgehead atoms. The summed E-state index contributed by atoms with van der Waals surface area (Å²) in [6.45, 7) is 0.196. The highest BCUT2D eigenvalue weighted by Crippen LogP contribution is 2.61. The minimum atomic E-state index is -0.605. The predicted molar refractivity (Wildman–Crippen MR) is 110 cm³/mol. The van der Waals surface area contributed by atoms with Crippen LogP contribution in [0, 0.1) is 29.0 Å². The third kappa shape index (κ3) is 3.86. The van der Waals surface area contributed by atoms with Crippen molar-refractivity contribution in [1.29, 1.82) is 0 Å². The second kappa shape index (κ2) is 7.63. The Hall–Kier alpha value is -1.95. The number of rotatable bonds is 5. The van der Waals surface area contributed by atoms with E-state index >= 15 is 0 Å². The van der Waals surface area contributed by atoms with Crippen molar-refractivity contribution in [2.24, 2.45) is 23.2 Å². The highest BCUT2D eigenvalue weighted by atomic mass is 19.1. The molecule has 2 amide bonds. The minimum Gasteiger partial charge on any atom is -0.391 e. The van der Waals surface area contributed by atoms with Crippen molar-refractivity contribution < 1.29 is 19.1 Å². The van der Waals surface area contributed by atoms with E-state index < -0.39 is 6.10 Å². The first-order valence-corrected chi connectivity index (χ1v) is 11.4. The van der Waals surface area contributed by atoms with Gasteiger partial charge >= 0.3 is 0 Å². The molecule has 1 heterocycles. The molecule has 5 fully saturated rings. The highest BCUT2D eigenvalue weighted by molar-refractivity contribution is 5.85. The van der Waals surface area contributed by atoms with Crippen LogP contribution in [0.1, 0.15) is 63.0 Å². The number of β-amino-alcohol motifs (C(OH)–C–C–N with tert-alkyl or cyclic N) is 1. The molecule has 1 aromatic carbocycles. The first kappa shape index (κ1) is 20.0. The summed E-state index contributed by atoms with van der Waals surface area (Å²) in [6.07, 6.45) is 7.92. The molecule has 5 nitrogen and oxygen atoms in total. The van der Waals surface area contributed by atoms with E-state index in [1.54, 1.807) is 17.0 Å². The SMILES string of the molecule is O=C(CC12CC3CC(CC(C3)C1)C2)NCC(=O)N1C[C@@H](O)C[C@H]1c1ccc(F)cc1. The Bertz CT molecular complexity index is 789. The van der Waals surface area contributed by atoms with Crippen molar-refractivity contribution in [3.8, 4) is 0 Å². The number of aliphatic hydroxyl groups excluding tert-OH is 1. The third-order valence-corrected chi connectivity index (χ3v) is 7.99. The van der Waals surface area contributed by atoms with E-state index in [0.717, 1.165) is 23.3 Å². The lowest BCUT2D eigenvalue weighted by Crippen LogP contribution is -2.48. The normalized spacial score (nSPS) is 36.9. The van der Waals surface area contributed by atoms with Crippen LogP contribution in [0.3, 0.4) is 0 Å². The first-order chi connectivity index (χ1) is 14.4. The maximum atomic E-state index is 13.2. The number of amides is 2. The van der Waals surface area contributed by atoms with Crippen molar-refractivity contribution >= 4 is 11.8 Å². The number of hydrogen-bond donors (Lipinski definition) is 2. The quantitative estimate of drug-likeness (QED) is 0.778. The second-order valence-electron chi connectivity index (χ2n) is 10.4. The number of carbonyl (C=O) groups excluding carboxylic acids is 2. The van der Waals surface area contributed by atoms with E-state index in [9.17, 15) is 19.1 Å². The van der Waals surface area contributed by atoms with Crippen molar-refractivity contribution in [2.75, 3.05) is 13.1 Å². The van der Waals surface area contributed by atoms with Crippen molar-refractivity contribution in [3.05, 3.63) is 35.6 Å². The van der Waals surface area contributed by atoms with Gasteiger partial charge in [0.1, 0.15) is 5.82 Å². The molecule has 162 valence electrons. The fraction of sp³-hybridized carbons (Fsp3) is 0.667. The first-order valence-electron chi connectivity index (χ1n) is 11.4. The zero-order chi connectivity index (χ0) is 20.9. The Kier molecular flexibility index (Phi) is 5.08. The molecule has 0 spiro atoms. The Balaban J connectivity index is 1.18. The van der Waals surface area contributed by atoms with E-state index in [1.807, 2.05) is 0 Å². The molecule has 1 aromatic rings. The number of nitrogens with zero attached hydrogens (tertiary/aromatic N) is 1. The van der Waals surface area contributed by atoms with Gasteiger partial charge in [-0.15, -0.1) is 0 Å². The molecule has 0 radical (unpaired) electrons. The molecule has 30 heavy (non-hydrogen) atoms. The zero-order valence-corrected chi connectivity index (χ0v) is 17.4. The van der Waals surface area contributed by atoms with Crippen LogP contribution < -0.4 is 5.32 Å². The van der Waals surface area contributed by atoms with E-state index in [1.165, 1.54) is 50.7 Å². The molecule has 1 aliphatic heterocycles. The summed E-state index contributed by atoms with van der Waals surface area (Å²) in [4.78, 5) is 27.2. The predicted octanol–water partition coefficient (Wildman–Crippen LogP) is 3.18. The fourth-order valence-electron chi connectivity index (χ4n) is 7.28. The van der Waals surface area contributed by atoms with Crippen LogP contribution in [0.2, 0.25) is 0 Å². The maximum absolute atomic E-state index is 13.2. The average Bonchev–Trinajstić information content (AvgIpc) is 3.07. The van der Waals surface area contributed by atoms with Gasteiger partial charge in [-0.1, -0.05) is 12.1 Å². The van der Waals surface area contributed by atoms with E-state index in [-0.39, 0.29) is 42.2 Å². The van der Waals surface area contributed by atoms with Crippen LogP contribution in [0.4, 0.5) is 4.39 Å². The van der Waals surface area contributed by atoms with Gasteiger partial charge in [-0.3, -0.25) is 9.59 Å². The van der Waals surface area contributed by atoms with Gasteiger partial charge in [0, 0.05) is 13.0 Å². The summed E-state index contributed by atoms with van der Waals surface area (Å²) >= 11 is 0. The number of nitrogens with one attached hydrogen (secondary N) is 1. The van der Waals surface area contributed by atoms with E-state index in [0.29, 0.717) is 12.8 Å². The lowest BCUT2D eigenvalue weighted by molar-refractivity contribution is -0.136. The molecule has 1 saturated heterocycles. The Morgan fingerprint density at radius 3 is 2.23 bits per heavy atom. The summed E-state index contributed by atoms with van der Waals surface area (Å²) in [6, 6.07) is 5.77. The molecular formula is C24H31FN2O3. The lowest BCUT2D eigenvalue weighted by Gasteiger charge is -2.56. The van der Waals surface area contributed by atoms with Gasteiger partial charge in [0.05, 0.1) is 18.7 Å². The van der Waals surface area contributed by atoms with Gasteiger partial charge in [0.15, 0.2) is 0 Å². The molecule has 4 saturated carbocycles. The van der Waals surface area contributed by atoms with E-state index in [4.69, 9.17) is 0 Å². The number of hydrogen-bond acceptors (Lipinski definition) is 3. The summed E-state index contributed by atoms with van der Waals surface area (Å²) < 4.78 is 13.2. The number of halogens is 1. The third-order valence-electron chi connectivity index (χ3n) is 7.99. The van der Waals surface area contributed by atoms with Gasteiger partial charge in [0.2, 0.25) is 11.8 Å². The Morgan fingerprint density at radius 2 is 1.63 bits per heavy atom. The minimum absolute atomic E-state index is 0.0247. The highest BCUT2D eigenvalue weighted by Gasteiger charge is 2.51. The zero-order valence-electron chi connectivity index (χ0n) is 17.4. The molecule has 5 aliphatic rings. The second-order valence-corrected chi connectivity index (χ2v) is 10.4. The smallest absolute Gasteiger partial charge is 0.242 e. The summed E-state index contributed by atoms with van der Waals surface area (Å²) in [7, 11) is 0. The number of aliphatic hydroxyl groups is 1. The van der Waals surface area contributed by atoms with Crippen molar-refractivity contribution in [2.45, 2.75) is 63.5 Å². The average molecular weight is 415 g/mol.